The molecule has 0 saturated carbocycles. The van der Waals surface area contributed by atoms with Crippen LogP contribution in [0.4, 0.5) is 0 Å². The average molecular weight is 300 g/mol. The van der Waals surface area contributed by atoms with Crippen molar-refractivity contribution >= 4 is 21.8 Å². The highest BCUT2D eigenvalue weighted by atomic mass is 79.9. The second-order valence-electron chi connectivity index (χ2n) is 3.92. The Morgan fingerprint density at radius 2 is 2.41 bits per heavy atom. The van der Waals surface area contributed by atoms with E-state index >= 15 is 0 Å². The van der Waals surface area contributed by atoms with Gasteiger partial charge in [-0.2, -0.15) is 0 Å². The van der Waals surface area contributed by atoms with Gasteiger partial charge in [-0.15, -0.1) is 0 Å². The number of ether oxygens (including phenoxy) is 1. The molecule has 1 unspecified atom stereocenters. The summed E-state index contributed by atoms with van der Waals surface area (Å²) in [6, 6.07) is 7.02. The quantitative estimate of drug-likeness (QED) is 0.895. The van der Waals surface area contributed by atoms with Crippen LogP contribution in [0, 0.1) is 0 Å². The van der Waals surface area contributed by atoms with Gasteiger partial charge in [0, 0.05) is 16.6 Å². The maximum Gasteiger partial charge on any atom is 0.254 e. The maximum atomic E-state index is 12.3. The summed E-state index contributed by atoms with van der Waals surface area (Å²) in [7, 11) is 0. The van der Waals surface area contributed by atoms with Crippen LogP contribution in [0.5, 0.6) is 0 Å². The monoisotopic (exact) mass is 299 g/mol. The Morgan fingerprint density at radius 3 is 3.12 bits per heavy atom. The molecule has 1 atom stereocenters. The molecule has 1 aromatic carbocycles. The van der Waals surface area contributed by atoms with E-state index in [1.54, 1.807) is 17.0 Å². The van der Waals surface area contributed by atoms with Gasteiger partial charge in [-0.3, -0.25) is 4.79 Å². The second kappa shape index (κ2) is 5.62. The number of hydrogen-bond acceptors (Lipinski definition) is 3. The molecule has 92 valence electrons. The largest absolute Gasteiger partial charge is 0.394 e. The molecule has 1 N–H and O–H groups in total. The summed E-state index contributed by atoms with van der Waals surface area (Å²) in [6.45, 7) is 1.38. The number of halogens is 1. The fourth-order valence-electron chi connectivity index (χ4n) is 1.86. The Labute approximate surface area is 108 Å². The molecule has 0 aliphatic carbocycles. The average Bonchev–Trinajstić information content (AvgIpc) is 2.38. The van der Waals surface area contributed by atoms with Crippen molar-refractivity contribution in [1.82, 2.24) is 4.90 Å². The number of benzene rings is 1. The van der Waals surface area contributed by atoms with Crippen molar-refractivity contribution in [2.75, 3.05) is 26.4 Å². The summed E-state index contributed by atoms with van der Waals surface area (Å²) in [6.07, 6.45) is 0. The topological polar surface area (TPSA) is 49.8 Å². The summed E-state index contributed by atoms with van der Waals surface area (Å²) in [5, 5.41) is 9.23. The number of nitrogens with zero attached hydrogens (tertiary/aromatic N) is 1. The Balaban J connectivity index is 2.18. The third-order valence-corrected chi connectivity index (χ3v) is 3.26. The van der Waals surface area contributed by atoms with Crippen LogP contribution in [0.2, 0.25) is 0 Å². The van der Waals surface area contributed by atoms with Crippen molar-refractivity contribution in [3.05, 3.63) is 34.3 Å². The Hall–Kier alpha value is -0.910. The Kier molecular flexibility index (Phi) is 4.15. The SMILES string of the molecule is O=C(c1cccc(Br)c1)N1CCOCC1CO. The first-order valence-corrected chi connectivity index (χ1v) is 6.27. The minimum atomic E-state index is -0.241. The van der Waals surface area contributed by atoms with E-state index < -0.39 is 0 Å². The molecular weight excluding hydrogens is 286 g/mol. The molecule has 0 spiro atoms. The highest BCUT2D eigenvalue weighted by Gasteiger charge is 2.27. The van der Waals surface area contributed by atoms with Crippen molar-refractivity contribution in [3.8, 4) is 0 Å². The van der Waals surface area contributed by atoms with Gasteiger partial charge in [0.2, 0.25) is 0 Å². The summed E-state index contributed by atoms with van der Waals surface area (Å²) in [5.41, 5.74) is 0.625. The molecule has 1 amide bonds. The first kappa shape index (κ1) is 12.5. The van der Waals surface area contributed by atoms with E-state index in [1.807, 2.05) is 12.1 Å². The molecule has 4 nitrogen and oxygen atoms in total. The predicted octanol–water partition coefficient (Wildman–Crippen LogP) is 1.28. The molecule has 1 fully saturated rings. The molecule has 0 radical (unpaired) electrons. The van der Waals surface area contributed by atoms with Crippen LogP contribution in [0.1, 0.15) is 10.4 Å². The predicted molar refractivity (Wildman–Crippen MR) is 66.9 cm³/mol. The zero-order valence-corrected chi connectivity index (χ0v) is 10.9. The lowest BCUT2D eigenvalue weighted by molar-refractivity contribution is -0.0183. The first-order valence-electron chi connectivity index (χ1n) is 5.47. The maximum absolute atomic E-state index is 12.3. The van der Waals surface area contributed by atoms with E-state index in [4.69, 9.17) is 4.74 Å². The third kappa shape index (κ3) is 2.86. The Bertz CT molecular complexity index is 410. The number of hydrogen-bond donors (Lipinski definition) is 1. The van der Waals surface area contributed by atoms with Gasteiger partial charge in [0.15, 0.2) is 0 Å². The van der Waals surface area contributed by atoms with Crippen molar-refractivity contribution in [1.29, 1.82) is 0 Å². The third-order valence-electron chi connectivity index (χ3n) is 2.77. The lowest BCUT2D eigenvalue weighted by Crippen LogP contribution is -2.50. The molecular formula is C12H14BrNO3. The minimum Gasteiger partial charge on any atom is -0.394 e. The number of carbonyl (C=O) groups excluding carboxylic acids is 1. The normalized spacial score (nSPS) is 20.4. The number of aliphatic hydroxyl groups excluding tert-OH is 1. The molecule has 1 aromatic rings. The van der Waals surface area contributed by atoms with E-state index in [2.05, 4.69) is 15.9 Å². The lowest BCUT2D eigenvalue weighted by Gasteiger charge is -2.34. The van der Waals surface area contributed by atoms with Crippen LogP contribution >= 0.6 is 15.9 Å². The van der Waals surface area contributed by atoms with E-state index in [1.165, 1.54) is 0 Å². The van der Waals surface area contributed by atoms with Crippen LogP contribution in [0.25, 0.3) is 0 Å². The smallest absolute Gasteiger partial charge is 0.254 e. The zero-order chi connectivity index (χ0) is 12.3. The summed E-state index contributed by atoms with van der Waals surface area (Å²) in [4.78, 5) is 13.9. The van der Waals surface area contributed by atoms with Gasteiger partial charge in [0.05, 0.1) is 25.9 Å². The van der Waals surface area contributed by atoms with Crippen LogP contribution in [0.15, 0.2) is 28.7 Å². The number of carbonyl (C=O) groups is 1. The second-order valence-corrected chi connectivity index (χ2v) is 4.84. The van der Waals surface area contributed by atoms with Crippen LogP contribution < -0.4 is 0 Å². The number of amides is 1. The fourth-order valence-corrected chi connectivity index (χ4v) is 2.26. The van der Waals surface area contributed by atoms with Crippen LogP contribution in [0.3, 0.4) is 0 Å². The molecule has 2 rings (SSSR count). The van der Waals surface area contributed by atoms with Crippen molar-refractivity contribution in [2.24, 2.45) is 0 Å². The van der Waals surface area contributed by atoms with Crippen molar-refractivity contribution < 1.29 is 14.6 Å². The minimum absolute atomic E-state index is 0.0614. The molecule has 1 saturated heterocycles. The van der Waals surface area contributed by atoms with E-state index in [0.717, 1.165) is 4.47 Å². The van der Waals surface area contributed by atoms with Gasteiger partial charge in [-0.1, -0.05) is 22.0 Å². The van der Waals surface area contributed by atoms with E-state index in [-0.39, 0.29) is 18.6 Å². The zero-order valence-electron chi connectivity index (χ0n) is 9.30. The van der Waals surface area contributed by atoms with Gasteiger partial charge in [-0.05, 0) is 18.2 Å². The first-order chi connectivity index (χ1) is 8.22. The molecule has 5 heteroatoms. The van der Waals surface area contributed by atoms with Crippen molar-refractivity contribution in [3.63, 3.8) is 0 Å². The highest BCUT2D eigenvalue weighted by molar-refractivity contribution is 9.10. The summed E-state index contributed by atoms with van der Waals surface area (Å²) >= 11 is 3.34. The van der Waals surface area contributed by atoms with Crippen LogP contribution in [-0.2, 0) is 4.74 Å². The lowest BCUT2D eigenvalue weighted by atomic mass is 10.1. The standard InChI is InChI=1S/C12H14BrNO3/c13-10-3-1-2-9(6-10)12(16)14-4-5-17-8-11(14)7-15/h1-3,6,11,15H,4-5,7-8H2. The molecule has 17 heavy (non-hydrogen) atoms. The number of morpholine rings is 1. The summed E-state index contributed by atoms with van der Waals surface area (Å²) < 4.78 is 6.12. The van der Waals surface area contributed by atoms with Gasteiger partial charge in [0.1, 0.15) is 0 Å². The van der Waals surface area contributed by atoms with Gasteiger partial charge in [-0.25, -0.2) is 0 Å². The molecule has 1 aliphatic rings. The van der Waals surface area contributed by atoms with Gasteiger partial charge >= 0.3 is 0 Å². The number of rotatable bonds is 2. The summed E-state index contributed by atoms with van der Waals surface area (Å²) in [5.74, 6) is -0.0614. The molecule has 0 bridgehead atoms. The molecule has 1 heterocycles. The van der Waals surface area contributed by atoms with Crippen molar-refractivity contribution in [2.45, 2.75) is 6.04 Å². The number of aliphatic hydroxyl groups is 1. The fraction of sp³-hybridized carbons (Fsp3) is 0.417. The van der Waals surface area contributed by atoms with E-state index in [0.29, 0.717) is 25.3 Å². The van der Waals surface area contributed by atoms with Gasteiger partial charge in [0.25, 0.3) is 5.91 Å². The van der Waals surface area contributed by atoms with E-state index in [9.17, 15) is 9.90 Å². The highest BCUT2D eigenvalue weighted by Crippen LogP contribution is 2.16. The Morgan fingerprint density at radius 1 is 1.59 bits per heavy atom. The molecule has 1 aliphatic heterocycles. The van der Waals surface area contributed by atoms with Gasteiger partial charge < -0.3 is 14.7 Å². The molecule has 0 aromatic heterocycles. The van der Waals surface area contributed by atoms with Crippen LogP contribution in [-0.4, -0.2) is 48.3 Å².